The van der Waals surface area contributed by atoms with E-state index in [1.807, 2.05) is 0 Å². The van der Waals surface area contributed by atoms with E-state index in [4.69, 9.17) is 9.84 Å². The van der Waals surface area contributed by atoms with Gasteiger partial charge in [-0.05, 0) is 28.1 Å². The number of halogens is 1. The third kappa shape index (κ3) is 2.14. The van der Waals surface area contributed by atoms with Gasteiger partial charge in [0.25, 0.3) is 0 Å². The molecule has 0 unspecified atom stereocenters. The molecule has 0 saturated heterocycles. The van der Waals surface area contributed by atoms with Gasteiger partial charge in [-0.1, -0.05) is 5.21 Å². The normalized spacial score (nSPS) is 10.2. The number of hydrogen-bond donors (Lipinski definition) is 1. The Kier molecular flexibility index (Phi) is 3.10. The molecule has 1 N–H and O–H groups in total. The minimum atomic E-state index is -1.09. The van der Waals surface area contributed by atoms with Gasteiger partial charge in [-0.15, -0.1) is 5.10 Å². The second-order valence-corrected chi connectivity index (χ2v) is 4.01. The number of carboxylic acid groups (broad SMARTS) is 1. The lowest BCUT2D eigenvalue weighted by atomic mass is 10.3. The van der Waals surface area contributed by atoms with Crippen molar-refractivity contribution in [1.82, 2.24) is 15.0 Å². The summed E-state index contributed by atoms with van der Waals surface area (Å²) in [7, 11) is 1.53. The van der Waals surface area contributed by atoms with Gasteiger partial charge in [-0.3, -0.25) is 0 Å². The number of methoxy groups -OCH3 is 1. The first-order chi connectivity index (χ1) is 8.13. The summed E-state index contributed by atoms with van der Waals surface area (Å²) in [4.78, 5) is 10.9. The predicted molar refractivity (Wildman–Crippen MR) is 62.6 cm³/mol. The Hall–Kier alpha value is -1.89. The van der Waals surface area contributed by atoms with Crippen LogP contribution in [0.2, 0.25) is 0 Å². The maximum atomic E-state index is 10.9. The molecular formula is C10H8BrN3O3. The summed E-state index contributed by atoms with van der Waals surface area (Å²) in [6.45, 7) is 0. The summed E-state index contributed by atoms with van der Waals surface area (Å²) in [5.41, 5.74) is 0.564. The van der Waals surface area contributed by atoms with Crippen LogP contribution in [0.25, 0.3) is 5.69 Å². The monoisotopic (exact) mass is 297 g/mol. The van der Waals surface area contributed by atoms with E-state index >= 15 is 0 Å². The highest BCUT2D eigenvalue weighted by Crippen LogP contribution is 2.27. The predicted octanol–water partition coefficient (Wildman–Crippen LogP) is 1.74. The molecule has 2 aromatic rings. The fraction of sp³-hybridized carbons (Fsp3) is 0.100. The van der Waals surface area contributed by atoms with Crippen LogP contribution in [0.5, 0.6) is 5.75 Å². The van der Waals surface area contributed by atoms with Gasteiger partial charge in [0.2, 0.25) is 0 Å². The van der Waals surface area contributed by atoms with Gasteiger partial charge in [0, 0.05) is 6.07 Å². The highest BCUT2D eigenvalue weighted by atomic mass is 79.9. The summed E-state index contributed by atoms with van der Waals surface area (Å²) in [6.07, 6.45) is 1.19. The van der Waals surface area contributed by atoms with E-state index in [0.29, 0.717) is 11.4 Å². The maximum absolute atomic E-state index is 10.9. The molecule has 0 aliphatic rings. The third-order valence-corrected chi connectivity index (χ3v) is 2.80. The summed E-state index contributed by atoms with van der Waals surface area (Å²) in [6, 6.07) is 5.14. The van der Waals surface area contributed by atoms with Crippen LogP contribution in [0.3, 0.4) is 0 Å². The molecule has 0 bridgehead atoms. The molecule has 7 heteroatoms. The van der Waals surface area contributed by atoms with Crippen LogP contribution in [0, 0.1) is 0 Å². The number of nitrogens with zero attached hydrogens (tertiary/aromatic N) is 3. The second kappa shape index (κ2) is 4.54. The van der Waals surface area contributed by atoms with E-state index in [-0.39, 0.29) is 5.69 Å². The quantitative estimate of drug-likeness (QED) is 0.934. The number of hydrogen-bond acceptors (Lipinski definition) is 4. The molecule has 0 fully saturated rings. The summed E-state index contributed by atoms with van der Waals surface area (Å²) in [5, 5.41) is 16.3. The Labute approximate surface area is 105 Å². The Morgan fingerprint density at radius 1 is 1.53 bits per heavy atom. The van der Waals surface area contributed by atoms with Crippen LogP contribution in [-0.4, -0.2) is 33.2 Å². The first kappa shape index (κ1) is 11.6. The molecule has 17 heavy (non-hydrogen) atoms. The summed E-state index contributed by atoms with van der Waals surface area (Å²) < 4.78 is 7.14. The summed E-state index contributed by atoms with van der Waals surface area (Å²) in [5.74, 6) is -0.494. The number of carbonyl (C=O) groups is 1. The van der Waals surface area contributed by atoms with E-state index in [0.717, 1.165) is 4.47 Å². The molecule has 0 radical (unpaired) electrons. The smallest absolute Gasteiger partial charge is 0.356 e. The number of benzene rings is 1. The largest absolute Gasteiger partial charge is 0.495 e. The molecule has 1 heterocycles. The highest BCUT2D eigenvalue weighted by Gasteiger charge is 2.14. The van der Waals surface area contributed by atoms with Gasteiger partial charge in [0.1, 0.15) is 5.75 Å². The van der Waals surface area contributed by atoms with E-state index in [1.54, 1.807) is 18.2 Å². The van der Waals surface area contributed by atoms with Gasteiger partial charge in [-0.2, -0.15) is 0 Å². The van der Waals surface area contributed by atoms with Crippen molar-refractivity contribution < 1.29 is 14.6 Å². The Balaban J connectivity index is 2.53. The Morgan fingerprint density at radius 3 is 2.94 bits per heavy atom. The highest BCUT2D eigenvalue weighted by molar-refractivity contribution is 9.10. The van der Waals surface area contributed by atoms with Gasteiger partial charge < -0.3 is 9.84 Å². The van der Waals surface area contributed by atoms with Crippen molar-refractivity contribution in [2.24, 2.45) is 0 Å². The SMILES string of the molecule is COc1cc(-n2nncc2C(=O)O)ccc1Br. The van der Waals surface area contributed by atoms with Gasteiger partial charge in [-0.25, -0.2) is 9.48 Å². The molecule has 6 nitrogen and oxygen atoms in total. The lowest BCUT2D eigenvalue weighted by Crippen LogP contribution is -2.08. The molecule has 0 aliphatic heterocycles. The van der Waals surface area contributed by atoms with E-state index in [1.165, 1.54) is 18.0 Å². The lowest BCUT2D eigenvalue weighted by Gasteiger charge is -2.07. The van der Waals surface area contributed by atoms with Gasteiger partial charge in [0.15, 0.2) is 5.69 Å². The lowest BCUT2D eigenvalue weighted by molar-refractivity contribution is 0.0687. The zero-order valence-electron chi connectivity index (χ0n) is 8.79. The van der Waals surface area contributed by atoms with E-state index in [2.05, 4.69) is 26.2 Å². The van der Waals surface area contributed by atoms with Crippen LogP contribution >= 0.6 is 15.9 Å². The minimum absolute atomic E-state index is 0.00521. The van der Waals surface area contributed by atoms with E-state index in [9.17, 15) is 4.79 Å². The number of carboxylic acids is 1. The van der Waals surface area contributed by atoms with Crippen molar-refractivity contribution in [3.8, 4) is 11.4 Å². The van der Waals surface area contributed by atoms with Crippen LogP contribution < -0.4 is 4.74 Å². The summed E-state index contributed by atoms with van der Waals surface area (Å²) >= 11 is 3.31. The first-order valence-corrected chi connectivity index (χ1v) is 5.40. The number of rotatable bonds is 3. The minimum Gasteiger partial charge on any atom is -0.495 e. The van der Waals surface area contributed by atoms with Crippen molar-refractivity contribution in [3.63, 3.8) is 0 Å². The average molecular weight is 298 g/mol. The fourth-order valence-electron chi connectivity index (χ4n) is 1.35. The molecule has 0 spiro atoms. The fourth-order valence-corrected chi connectivity index (χ4v) is 1.76. The van der Waals surface area contributed by atoms with Crippen molar-refractivity contribution in [2.75, 3.05) is 7.11 Å². The van der Waals surface area contributed by atoms with E-state index < -0.39 is 5.97 Å². The molecule has 2 rings (SSSR count). The molecule has 0 amide bonds. The van der Waals surface area contributed by atoms with Crippen molar-refractivity contribution >= 4 is 21.9 Å². The first-order valence-electron chi connectivity index (χ1n) is 4.61. The number of ether oxygens (including phenoxy) is 1. The zero-order chi connectivity index (χ0) is 12.4. The van der Waals surface area contributed by atoms with Crippen molar-refractivity contribution in [3.05, 3.63) is 34.6 Å². The maximum Gasteiger partial charge on any atom is 0.356 e. The van der Waals surface area contributed by atoms with Crippen LogP contribution in [-0.2, 0) is 0 Å². The van der Waals surface area contributed by atoms with Crippen molar-refractivity contribution in [2.45, 2.75) is 0 Å². The Bertz CT molecular complexity index is 568. The Morgan fingerprint density at radius 2 is 2.29 bits per heavy atom. The van der Waals surface area contributed by atoms with Crippen LogP contribution in [0.15, 0.2) is 28.9 Å². The van der Waals surface area contributed by atoms with Gasteiger partial charge in [0.05, 0.1) is 23.5 Å². The second-order valence-electron chi connectivity index (χ2n) is 3.16. The molecular weight excluding hydrogens is 290 g/mol. The molecule has 1 aromatic heterocycles. The van der Waals surface area contributed by atoms with Crippen LogP contribution in [0.4, 0.5) is 0 Å². The molecule has 0 saturated carbocycles. The van der Waals surface area contributed by atoms with Crippen molar-refractivity contribution in [1.29, 1.82) is 0 Å². The number of aromatic nitrogens is 3. The zero-order valence-corrected chi connectivity index (χ0v) is 10.4. The molecule has 0 aliphatic carbocycles. The molecule has 88 valence electrons. The van der Waals surface area contributed by atoms with Crippen LogP contribution in [0.1, 0.15) is 10.5 Å². The number of aromatic carboxylic acids is 1. The molecule has 0 atom stereocenters. The molecule has 1 aromatic carbocycles. The topological polar surface area (TPSA) is 77.2 Å². The van der Waals surface area contributed by atoms with Gasteiger partial charge >= 0.3 is 5.97 Å². The standard InChI is InChI=1S/C10H8BrN3O3/c1-17-9-4-6(2-3-7(9)11)14-8(10(15)16)5-12-13-14/h2-5H,1H3,(H,15,16). The average Bonchev–Trinajstić information content (AvgIpc) is 2.78. The third-order valence-electron chi connectivity index (χ3n) is 2.15.